The lowest BCUT2D eigenvalue weighted by Gasteiger charge is -2.31. The van der Waals surface area contributed by atoms with Crippen LogP contribution in [0.2, 0.25) is 0 Å². The molecule has 2 aromatic rings. The maximum atomic E-state index is 13.1. The lowest BCUT2D eigenvalue weighted by atomic mass is 10.2. The first-order valence-corrected chi connectivity index (χ1v) is 8.98. The number of likely N-dealkylation sites (N-methyl/N-ethyl adjacent to an activating group) is 1. The molecule has 0 atom stereocenters. The number of hydrogen-bond donors (Lipinski definition) is 1. The van der Waals surface area contributed by atoms with Crippen molar-refractivity contribution in [2.75, 3.05) is 45.1 Å². The molecule has 140 valence electrons. The first-order chi connectivity index (χ1) is 12.3. The first kappa shape index (κ1) is 18.8. The summed E-state index contributed by atoms with van der Waals surface area (Å²) in [7, 11) is 2.04. The van der Waals surface area contributed by atoms with Gasteiger partial charge in [-0.1, -0.05) is 23.5 Å². The average Bonchev–Trinajstić information content (AvgIpc) is 3.05. The van der Waals surface area contributed by atoms with Gasteiger partial charge >= 0.3 is 6.18 Å². The van der Waals surface area contributed by atoms with E-state index in [1.54, 1.807) is 0 Å². The van der Waals surface area contributed by atoms with Crippen LogP contribution in [0.3, 0.4) is 0 Å². The number of rotatable bonds is 5. The number of nitrogens with one attached hydrogen (secondary N) is 1. The zero-order chi connectivity index (χ0) is 18.7. The number of Topliss-reactive ketones (excluding diaryl/α,β-unsaturated/α-hetero) is 1. The van der Waals surface area contributed by atoms with Crippen LogP contribution in [0, 0.1) is 0 Å². The summed E-state index contributed by atoms with van der Waals surface area (Å²) in [6.07, 6.45) is -3.04. The van der Waals surface area contributed by atoms with E-state index in [0.29, 0.717) is 11.4 Å². The van der Waals surface area contributed by atoms with Crippen LogP contribution >= 0.6 is 11.3 Å². The Morgan fingerprint density at radius 1 is 1.23 bits per heavy atom. The van der Waals surface area contributed by atoms with E-state index in [1.165, 1.54) is 24.4 Å². The molecule has 0 amide bonds. The zero-order valence-electron chi connectivity index (χ0n) is 14.2. The van der Waals surface area contributed by atoms with Crippen molar-refractivity contribution in [2.45, 2.75) is 6.18 Å². The number of para-hydroxylation sites is 1. The minimum absolute atomic E-state index is 0.0655. The number of thiazole rings is 1. The van der Waals surface area contributed by atoms with Crippen molar-refractivity contribution in [3.05, 3.63) is 40.9 Å². The number of alkyl halides is 3. The van der Waals surface area contributed by atoms with Crippen molar-refractivity contribution in [3.8, 4) is 0 Å². The predicted octanol–water partition coefficient (Wildman–Crippen LogP) is 3.34. The van der Waals surface area contributed by atoms with E-state index in [4.69, 9.17) is 0 Å². The largest absolute Gasteiger partial charge is 0.418 e. The highest BCUT2D eigenvalue weighted by Gasteiger charge is 2.33. The number of hydrogen-bond acceptors (Lipinski definition) is 6. The molecule has 9 heteroatoms. The Hall–Kier alpha value is -1.97. The Morgan fingerprint density at radius 2 is 1.92 bits per heavy atom. The topological polar surface area (TPSA) is 48.5 Å². The fraction of sp³-hybridized carbons (Fsp3) is 0.412. The molecule has 1 saturated heterocycles. The van der Waals surface area contributed by atoms with Gasteiger partial charge in [0.05, 0.1) is 28.9 Å². The second kappa shape index (κ2) is 7.73. The van der Waals surface area contributed by atoms with E-state index in [1.807, 2.05) is 7.05 Å². The van der Waals surface area contributed by atoms with Crippen LogP contribution in [0.4, 0.5) is 24.0 Å². The fourth-order valence-electron chi connectivity index (χ4n) is 2.70. The number of nitrogens with zero attached hydrogens (tertiary/aromatic N) is 3. The molecule has 0 aliphatic carbocycles. The van der Waals surface area contributed by atoms with Gasteiger partial charge in [0.1, 0.15) is 0 Å². The number of piperazine rings is 1. The second-order valence-electron chi connectivity index (χ2n) is 6.20. The number of carbonyl (C=O) groups is 1. The van der Waals surface area contributed by atoms with Crippen molar-refractivity contribution in [3.63, 3.8) is 0 Å². The highest BCUT2D eigenvalue weighted by atomic mass is 32.1. The van der Waals surface area contributed by atoms with Crippen LogP contribution in [-0.2, 0) is 6.18 Å². The number of ketones is 1. The number of benzene rings is 1. The van der Waals surface area contributed by atoms with Gasteiger partial charge in [-0.15, -0.1) is 0 Å². The van der Waals surface area contributed by atoms with Gasteiger partial charge in [-0.3, -0.25) is 9.69 Å². The van der Waals surface area contributed by atoms with Gasteiger partial charge < -0.3 is 10.2 Å². The standard InChI is InChI=1S/C17H19F3N4OS/c1-23-6-8-24(9-7-23)11-14(25)15-10-21-16(26-15)22-13-5-3-2-4-12(13)17(18,19)20/h2-5,10H,6-9,11H2,1H3,(H,21,22). The normalized spacial score (nSPS) is 16.6. The second-order valence-corrected chi connectivity index (χ2v) is 7.23. The molecule has 26 heavy (non-hydrogen) atoms. The lowest BCUT2D eigenvalue weighted by Crippen LogP contribution is -2.46. The Balaban J connectivity index is 1.66. The van der Waals surface area contributed by atoms with Crippen molar-refractivity contribution in [2.24, 2.45) is 0 Å². The van der Waals surface area contributed by atoms with Gasteiger partial charge in [-0.05, 0) is 19.2 Å². The monoisotopic (exact) mass is 384 g/mol. The zero-order valence-corrected chi connectivity index (χ0v) is 15.0. The molecule has 2 heterocycles. The highest BCUT2D eigenvalue weighted by molar-refractivity contribution is 7.17. The van der Waals surface area contributed by atoms with Gasteiger partial charge in [0.2, 0.25) is 0 Å². The SMILES string of the molecule is CN1CCN(CC(=O)c2cnc(Nc3ccccc3C(F)(F)F)s2)CC1. The minimum atomic E-state index is -4.46. The van der Waals surface area contributed by atoms with Crippen LogP contribution in [0.15, 0.2) is 30.5 Å². The van der Waals surface area contributed by atoms with Crippen LogP contribution in [0.1, 0.15) is 15.2 Å². The number of anilines is 2. The molecular weight excluding hydrogens is 365 g/mol. The fourth-order valence-corrected chi connectivity index (χ4v) is 3.46. The summed E-state index contributed by atoms with van der Waals surface area (Å²) in [5.41, 5.74) is -0.840. The molecule has 1 aromatic carbocycles. The molecule has 0 saturated carbocycles. The maximum Gasteiger partial charge on any atom is 0.418 e. The predicted molar refractivity (Wildman–Crippen MR) is 95.1 cm³/mol. The van der Waals surface area contributed by atoms with Crippen LogP contribution in [-0.4, -0.2) is 60.3 Å². The smallest absolute Gasteiger partial charge is 0.331 e. The van der Waals surface area contributed by atoms with E-state index < -0.39 is 11.7 Å². The van der Waals surface area contributed by atoms with Crippen molar-refractivity contribution in [1.29, 1.82) is 0 Å². The van der Waals surface area contributed by atoms with Gasteiger partial charge in [0, 0.05) is 26.2 Å². The van der Waals surface area contributed by atoms with Gasteiger partial charge in [-0.25, -0.2) is 4.98 Å². The molecule has 1 aromatic heterocycles. The molecule has 0 bridgehead atoms. The van der Waals surface area contributed by atoms with Crippen molar-refractivity contribution >= 4 is 27.9 Å². The summed E-state index contributed by atoms with van der Waals surface area (Å²) in [5, 5.41) is 2.95. The number of carbonyl (C=O) groups excluding carboxylic acids is 1. The summed E-state index contributed by atoms with van der Waals surface area (Å²) in [6.45, 7) is 3.78. The van der Waals surface area contributed by atoms with Crippen LogP contribution in [0.5, 0.6) is 0 Å². The summed E-state index contributed by atoms with van der Waals surface area (Å²) in [6, 6.07) is 5.21. The van der Waals surface area contributed by atoms with Gasteiger partial charge in [0.25, 0.3) is 0 Å². The molecule has 1 aliphatic heterocycles. The van der Waals surface area contributed by atoms with Crippen LogP contribution < -0.4 is 5.32 Å². The number of aromatic nitrogens is 1. The van der Waals surface area contributed by atoms with E-state index in [-0.39, 0.29) is 16.6 Å². The summed E-state index contributed by atoms with van der Waals surface area (Å²) >= 11 is 1.07. The van der Waals surface area contributed by atoms with Crippen LogP contribution in [0.25, 0.3) is 0 Å². The molecule has 0 spiro atoms. The Morgan fingerprint density at radius 3 is 2.62 bits per heavy atom. The first-order valence-electron chi connectivity index (χ1n) is 8.16. The lowest BCUT2D eigenvalue weighted by molar-refractivity contribution is -0.136. The molecule has 0 radical (unpaired) electrons. The molecule has 0 unspecified atom stereocenters. The van der Waals surface area contributed by atoms with Crippen molar-refractivity contribution in [1.82, 2.24) is 14.8 Å². The van der Waals surface area contributed by atoms with E-state index >= 15 is 0 Å². The molecule has 1 N–H and O–H groups in total. The molecule has 1 aliphatic rings. The van der Waals surface area contributed by atoms with Gasteiger partial charge in [-0.2, -0.15) is 13.2 Å². The molecular formula is C17H19F3N4OS. The maximum absolute atomic E-state index is 13.1. The van der Waals surface area contributed by atoms with Gasteiger partial charge in [0.15, 0.2) is 10.9 Å². The van der Waals surface area contributed by atoms with E-state index in [0.717, 1.165) is 43.6 Å². The Kier molecular flexibility index (Phi) is 5.59. The molecule has 5 nitrogen and oxygen atoms in total. The Labute approximate surface area is 153 Å². The van der Waals surface area contributed by atoms with Crippen molar-refractivity contribution < 1.29 is 18.0 Å². The van der Waals surface area contributed by atoms with E-state index in [2.05, 4.69) is 20.1 Å². The minimum Gasteiger partial charge on any atom is -0.331 e. The molecule has 1 fully saturated rings. The quantitative estimate of drug-likeness (QED) is 0.802. The Bertz CT molecular complexity index is 769. The summed E-state index contributed by atoms with van der Waals surface area (Å²) < 4.78 is 39.2. The molecule has 3 rings (SSSR count). The third kappa shape index (κ3) is 4.60. The van der Waals surface area contributed by atoms with E-state index in [9.17, 15) is 18.0 Å². The average molecular weight is 384 g/mol. The summed E-state index contributed by atoms with van der Waals surface area (Å²) in [4.78, 5) is 21.2. The number of halogens is 3. The third-order valence-corrected chi connectivity index (χ3v) is 5.17. The third-order valence-electron chi connectivity index (χ3n) is 4.22. The summed E-state index contributed by atoms with van der Waals surface area (Å²) in [5.74, 6) is -0.0655. The highest BCUT2D eigenvalue weighted by Crippen LogP contribution is 2.36.